The van der Waals surface area contributed by atoms with Crippen molar-refractivity contribution in [3.8, 4) is 0 Å². The SMILES string of the molecule is O=C1CC[C@@H](N2Cc3cc(C(=O)N[C@H](c4ncc(F)cc4F)C(F)(F)F)ccc3C2=O)C(=O)N1. The molecule has 4 rings (SSSR count). The Morgan fingerprint density at radius 2 is 1.91 bits per heavy atom. The van der Waals surface area contributed by atoms with E-state index >= 15 is 0 Å². The molecule has 4 amide bonds. The van der Waals surface area contributed by atoms with Crippen molar-refractivity contribution >= 4 is 23.6 Å². The number of amides is 4. The second kappa shape index (κ2) is 8.47. The van der Waals surface area contributed by atoms with Gasteiger partial charge in [-0.1, -0.05) is 0 Å². The van der Waals surface area contributed by atoms with Crippen LogP contribution in [-0.2, 0) is 16.1 Å². The summed E-state index contributed by atoms with van der Waals surface area (Å²) in [5.41, 5.74) is -1.02. The number of hydrogen-bond donors (Lipinski definition) is 2. The molecule has 2 aliphatic rings. The minimum Gasteiger partial charge on any atom is -0.335 e. The summed E-state index contributed by atoms with van der Waals surface area (Å²) < 4.78 is 67.6. The van der Waals surface area contributed by atoms with Crippen molar-refractivity contribution in [2.45, 2.75) is 37.6 Å². The molecule has 178 valence electrons. The first-order valence-electron chi connectivity index (χ1n) is 9.92. The first-order chi connectivity index (χ1) is 16.0. The molecule has 1 saturated heterocycles. The van der Waals surface area contributed by atoms with E-state index < -0.39 is 59.2 Å². The van der Waals surface area contributed by atoms with Crippen molar-refractivity contribution in [1.29, 1.82) is 0 Å². The van der Waals surface area contributed by atoms with Gasteiger partial charge in [0.25, 0.3) is 11.8 Å². The van der Waals surface area contributed by atoms with Crippen LogP contribution in [0, 0.1) is 11.6 Å². The van der Waals surface area contributed by atoms with E-state index in [0.717, 1.165) is 6.07 Å². The Morgan fingerprint density at radius 1 is 1.18 bits per heavy atom. The standard InChI is InChI=1S/C21H15F5N4O4/c22-11-6-13(23)16(27-7-11)17(21(24,25)26)29-18(32)9-1-2-12-10(5-9)8-30(20(12)34)14-3-4-15(31)28-19(14)33/h1-2,5-7,14,17H,3-4,8H2,(H,29,32)(H,28,31,33)/t14-,17-/m1/s1. The van der Waals surface area contributed by atoms with Crippen LogP contribution in [0.15, 0.2) is 30.5 Å². The average molecular weight is 482 g/mol. The summed E-state index contributed by atoms with van der Waals surface area (Å²) in [6, 6.07) is 0.000799. The molecule has 13 heteroatoms. The van der Waals surface area contributed by atoms with Gasteiger partial charge in [-0.2, -0.15) is 13.2 Å². The molecule has 0 aliphatic carbocycles. The van der Waals surface area contributed by atoms with Gasteiger partial charge in [0.05, 0.1) is 6.20 Å². The van der Waals surface area contributed by atoms with Crippen molar-refractivity contribution < 1.29 is 41.1 Å². The molecule has 3 heterocycles. The van der Waals surface area contributed by atoms with E-state index in [1.54, 1.807) is 5.32 Å². The number of carbonyl (C=O) groups is 4. The van der Waals surface area contributed by atoms with Gasteiger partial charge in [0.1, 0.15) is 23.4 Å². The number of nitrogens with zero attached hydrogens (tertiary/aromatic N) is 2. The molecule has 34 heavy (non-hydrogen) atoms. The number of hydrogen-bond acceptors (Lipinski definition) is 5. The zero-order valence-corrected chi connectivity index (χ0v) is 17.1. The maximum absolute atomic E-state index is 13.9. The molecule has 1 aromatic carbocycles. The normalized spacial score (nSPS) is 19.0. The topological polar surface area (TPSA) is 108 Å². The molecule has 1 fully saturated rings. The first kappa shape index (κ1) is 23.3. The van der Waals surface area contributed by atoms with Crippen LogP contribution in [0.25, 0.3) is 0 Å². The zero-order valence-electron chi connectivity index (χ0n) is 17.1. The second-order valence-electron chi connectivity index (χ2n) is 7.74. The minimum absolute atomic E-state index is 0.0387. The van der Waals surface area contributed by atoms with Crippen LogP contribution in [0.1, 0.15) is 50.9 Å². The van der Waals surface area contributed by atoms with Crippen molar-refractivity contribution in [3.05, 3.63) is 64.5 Å². The van der Waals surface area contributed by atoms with Gasteiger partial charge in [0.15, 0.2) is 6.04 Å². The van der Waals surface area contributed by atoms with Crippen molar-refractivity contribution in [3.63, 3.8) is 0 Å². The summed E-state index contributed by atoms with van der Waals surface area (Å²) in [5, 5.41) is 3.79. The Labute approximate surface area is 188 Å². The number of rotatable bonds is 4. The van der Waals surface area contributed by atoms with Crippen molar-refractivity contribution in [2.24, 2.45) is 0 Å². The molecule has 0 bridgehead atoms. The third-order valence-corrected chi connectivity index (χ3v) is 5.50. The summed E-state index contributed by atoms with van der Waals surface area (Å²) >= 11 is 0. The van der Waals surface area contributed by atoms with Crippen molar-refractivity contribution in [1.82, 2.24) is 20.5 Å². The average Bonchev–Trinajstić information content (AvgIpc) is 3.07. The predicted octanol–water partition coefficient (Wildman–Crippen LogP) is 2.15. The van der Waals surface area contributed by atoms with E-state index in [4.69, 9.17) is 0 Å². The van der Waals surface area contributed by atoms with Crippen LogP contribution in [-0.4, -0.2) is 45.7 Å². The van der Waals surface area contributed by atoms with Crippen LogP contribution < -0.4 is 10.6 Å². The predicted molar refractivity (Wildman–Crippen MR) is 103 cm³/mol. The smallest absolute Gasteiger partial charge is 0.335 e. The fraction of sp³-hybridized carbons (Fsp3) is 0.286. The number of fused-ring (bicyclic) bond motifs is 1. The van der Waals surface area contributed by atoms with E-state index in [2.05, 4.69) is 10.3 Å². The summed E-state index contributed by atoms with van der Waals surface area (Å²) in [6.45, 7) is -0.0988. The van der Waals surface area contributed by atoms with Crippen LogP contribution in [0.4, 0.5) is 22.0 Å². The van der Waals surface area contributed by atoms with E-state index in [0.29, 0.717) is 6.20 Å². The lowest BCUT2D eigenvalue weighted by atomic mass is 10.0. The number of alkyl halides is 3. The third kappa shape index (κ3) is 4.32. The van der Waals surface area contributed by atoms with Crippen LogP contribution in [0.3, 0.4) is 0 Å². The highest BCUT2D eigenvalue weighted by molar-refractivity contribution is 6.06. The number of imide groups is 1. The lowest BCUT2D eigenvalue weighted by Crippen LogP contribution is -2.52. The highest BCUT2D eigenvalue weighted by Crippen LogP contribution is 2.34. The Bertz CT molecular complexity index is 1220. The number of benzene rings is 1. The van der Waals surface area contributed by atoms with Gasteiger partial charge in [-0.3, -0.25) is 29.5 Å². The van der Waals surface area contributed by atoms with Crippen molar-refractivity contribution in [2.75, 3.05) is 0 Å². The maximum atomic E-state index is 13.9. The van der Waals surface area contributed by atoms with E-state index in [-0.39, 0.29) is 42.1 Å². The Kier molecular flexibility index (Phi) is 5.79. The summed E-state index contributed by atoms with van der Waals surface area (Å²) in [6.07, 6.45) is -4.59. The number of aromatic nitrogens is 1. The van der Waals surface area contributed by atoms with Gasteiger partial charge >= 0.3 is 6.18 Å². The quantitative estimate of drug-likeness (QED) is 0.513. The highest BCUT2D eigenvalue weighted by Gasteiger charge is 2.45. The summed E-state index contributed by atoms with van der Waals surface area (Å²) in [5.74, 6) is -5.63. The fourth-order valence-electron chi connectivity index (χ4n) is 3.87. The second-order valence-corrected chi connectivity index (χ2v) is 7.74. The molecule has 2 aromatic rings. The highest BCUT2D eigenvalue weighted by atomic mass is 19.4. The Hall–Kier alpha value is -3.90. The fourth-order valence-corrected chi connectivity index (χ4v) is 3.87. The largest absolute Gasteiger partial charge is 0.414 e. The first-order valence-corrected chi connectivity index (χ1v) is 9.92. The maximum Gasteiger partial charge on any atom is 0.414 e. The number of halogens is 5. The van der Waals surface area contributed by atoms with Gasteiger partial charge in [0, 0.05) is 30.2 Å². The van der Waals surface area contributed by atoms with E-state index in [9.17, 15) is 41.1 Å². The molecule has 8 nitrogen and oxygen atoms in total. The lowest BCUT2D eigenvalue weighted by Gasteiger charge is -2.29. The number of carbonyl (C=O) groups excluding carboxylic acids is 4. The summed E-state index contributed by atoms with van der Waals surface area (Å²) in [4.78, 5) is 53.1. The molecular formula is C21H15F5N4O4. The van der Waals surface area contributed by atoms with Gasteiger partial charge < -0.3 is 10.2 Å². The number of nitrogens with one attached hydrogen (secondary N) is 2. The Balaban J connectivity index is 1.56. The van der Waals surface area contributed by atoms with E-state index in [1.165, 1.54) is 17.0 Å². The minimum atomic E-state index is -5.14. The van der Waals surface area contributed by atoms with Gasteiger partial charge in [-0.05, 0) is 30.2 Å². The molecule has 0 saturated carbocycles. The van der Waals surface area contributed by atoms with E-state index in [1.807, 2.05) is 0 Å². The Morgan fingerprint density at radius 3 is 2.56 bits per heavy atom. The molecule has 0 unspecified atom stereocenters. The van der Waals surface area contributed by atoms with Gasteiger partial charge in [0.2, 0.25) is 11.8 Å². The molecule has 2 atom stereocenters. The zero-order chi connectivity index (χ0) is 24.8. The molecular weight excluding hydrogens is 467 g/mol. The molecule has 2 N–H and O–H groups in total. The number of pyridine rings is 1. The molecule has 1 aromatic heterocycles. The lowest BCUT2D eigenvalue weighted by molar-refractivity contribution is -0.156. The third-order valence-electron chi connectivity index (χ3n) is 5.50. The van der Waals surface area contributed by atoms with Gasteiger partial charge in [-0.25, -0.2) is 8.78 Å². The van der Waals surface area contributed by atoms with Crippen LogP contribution in [0.2, 0.25) is 0 Å². The van der Waals surface area contributed by atoms with Crippen LogP contribution in [0.5, 0.6) is 0 Å². The van der Waals surface area contributed by atoms with Gasteiger partial charge in [-0.15, -0.1) is 0 Å². The molecule has 2 aliphatic heterocycles. The number of piperidine rings is 1. The molecule has 0 spiro atoms. The molecule has 0 radical (unpaired) electrons. The summed E-state index contributed by atoms with van der Waals surface area (Å²) in [7, 11) is 0. The van der Waals surface area contributed by atoms with Crippen LogP contribution >= 0.6 is 0 Å². The monoisotopic (exact) mass is 482 g/mol.